The highest BCUT2D eigenvalue weighted by Gasteiger charge is 2.50. The summed E-state index contributed by atoms with van der Waals surface area (Å²) in [4.78, 5) is 29.4. The number of carbonyl (C=O) groups is 2. The molecule has 2 aliphatic heterocycles. The average molecular weight is 378 g/mol. The highest BCUT2D eigenvalue weighted by Crippen LogP contribution is 2.35. The number of hydrogen-bond donors (Lipinski definition) is 2. The van der Waals surface area contributed by atoms with Crippen molar-refractivity contribution in [1.29, 1.82) is 0 Å². The predicted octanol–water partition coefficient (Wildman–Crippen LogP) is 1.84. The Kier molecular flexibility index (Phi) is 5.30. The van der Waals surface area contributed by atoms with Crippen molar-refractivity contribution < 1.29 is 9.59 Å². The topological polar surface area (TPSA) is 64.7 Å². The third-order valence-electron chi connectivity index (χ3n) is 5.84. The molecule has 6 heteroatoms. The zero-order valence-corrected chi connectivity index (χ0v) is 15.9. The molecule has 2 heterocycles. The summed E-state index contributed by atoms with van der Waals surface area (Å²) in [7, 11) is 0. The lowest BCUT2D eigenvalue weighted by Crippen LogP contribution is -2.57. The lowest BCUT2D eigenvalue weighted by atomic mass is 9.85. The van der Waals surface area contributed by atoms with Gasteiger partial charge in [-0.1, -0.05) is 36.4 Å². The first-order valence-electron chi connectivity index (χ1n) is 9.86. The van der Waals surface area contributed by atoms with Gasteiger partial charge in [-0.05, 0) is 37.1 Å². The highest BCUT2D eigenvalue weighted by atomic mass is 16.2. The molecule has 2 saturated heterocycles. The van der Waals surface area contributed by atoms with Crippen molar-refractivity contribution in [2.45, 2.75) is 18.4 Å². The second kappa shape index (κ2) is 8.02. The van der Waals surface area contributed by atoms with E-state index in [0.29, 0.717) is 18.8 Å². The molecular weight excluding hydrogens is 352 g/mol. The van der Waals surface area contributed by atoms with Gasteiger partial charge in [-0.3, -0.25) is 9.59 Å². The zero-order chi connectivity index (χ0) is 19.4. The Morgan fingerprint density at radius 2 is 1.64 bits per heavy atom. The maximum atomic E-state index is 12.7. The molecular formula is C22H26N4O2. The molecule has 4 rings (SSSR count). The first-order chi connectivity index (χ1) is 13.7. The molecule has 0 bridgehead atoms. The van der Waals surface area contributed by atoms with Gasteiger partial charge < -0.3 is 20.4 Å². The molecule has 28 heavy (non-hydrogen) atoms. The van der Waals surface area contributed by atoms with E-state index in [9.17, 15) is 9.59 Å². The molecule has 2 fully saturated rings. The Morgan fingerprint density at radius 3 is 2.32 bits per heavy atom. The number of para-hydroxylation sites is 1. The maximum Gasteiger partial charge on any atom is 0.251 e. The van der Waals surface area contributed by atoms with E-state index >= 15 is 0 Å². The van der Waals surface area contributed by atoms with E-state index < -0.39 is 5.54 Å². The van der Waals surface area contributed by atoms with Gasteiger partial charge in [0.1, 0.15) is 5.54 Å². The molecule has 2 aromatic rings. The number of amides is 2. The van der Waals surface area contributed by atoms with Crippen LogP contribution in [0.1, 0.15) is 23.2 Å². The lowest BCUT2D eigenvalue weighted by Gasteiger charge is -2.43. The van der Waals surface area contributed by atoms with Gasteiger partial charge in [0, 0.05) is 37.4 Å². The second-order valence-electron chi connectivity index (χ2n) is 7.42. The van der Waals surface area contributed by atoms with Crippen molar-refractivity contribution in [3.8, 4) is 0 Å². The van der Waals surface area contributed by atoms with Crippen LogP contribution in [0.25, 0.3) is 0 Å². The Labute approximate surface area is 165 Å². The summed E-state index contributed by atoms with van der Waals surface area (Å²) >= 11 is 0. The van der Waals surface area contributed by atoms with Crippen LogP contribution in [-0.2, 0) is 4.79 Å². The number of nitrogens with one attached hydrogen (secondary N) is 2. The molecule has 2 aliphatic rings. The number of rotatable bonds is 5. The third kappa shape index (κ3) is 3.60. The number of carbonyl (C=O) groups excluding carboxylic acids is 2. The summed E-state index contributed by atoms with van der Waals surface area (Å²) in [5.74, 6) is 0.0906. The van der Waals surface area contributed by atoms with E-state index in [2.05, 4.69) is 32.6 Å². The van der Waals surface area contributed by atoms with Crippen LogP contribution in [0.2, 0.25) is 0 Å². The standard InChI is InChI=1S/C22H26N4O2/c27-20(18-7-3-1-4-8-18)23-13-16-25-14-11-22(12-15-25)21(28)24-17-26(22)19-9-5-2-6-10-19/h1-10H,11-17H2,(H,23,27)(H,24,28). The van der Waals surface area contributed by atoms with Crippen LogP contribution in [0.5, 0.6) is 0 Å². The average Bonchev–Trinajstić information content (AvgIpc) is 3.06. The van der Waals surface area contributed by atoms with Crippen molar-refractivity contribution in [3.63, 3.8) is 0 Å². The number of piperidine rings is 1. The molecule has 0 unspecified atom stereocenters. The van der Waals surface area contributed by atoms with Gasteiger partial charge in [-0.25, -0.2) is 0 Å². The van der Waals surface area contributed by atoms with Crippen LogP contribution >= 0.6 is 0 Å². The number of anilines is 1. The molecule has 0 atom stereocenters. The Bertz CT molecular complexity index is 817. The first-order valence-corrected chi connectivity index (χ1v) is 9.86. The summed E-state index contributed by atoms with van der Waals surface area (Å²) in [6.07, 6.45) is 1.58. The number of hydrogen-bond acceptors (Lipinski definition) is 4. The second-order valence-corrected chi connectivity index (χ2v) is 7.42. The molecule has 2 N–H and O–H groups in total. The van der Waals surface area contributed by atoms with Gasteiger partial charge in [-0.2, -0.15) is 0 Å². The molecule has 0 saturated carbocycles. The number of benzene rings is 2. The van der Waals surface area contributed by atoms with Crippen LogP contribution in [-0.4, -0.2) is 55.1 Å². The van der Waals surface area contributed by atoms with E-state index in [1.165, 1.54) is 0 Å². The Balaban J connectivity index is 1.31. The predicted molar refractivity (Wildman–Crippen MR) is 109 cm³/mol. The van der Waals surface area contributed by atoms with Gasteiger partial charge in [0.25, 0.3) is 5.91 Å². The van der Waals surface area contributed by atoms with Crippen molar-refractivity contribution in [2.24, 2.45) is 0 Å². The van der Waals surface area contributed by atoms with Gasteiger partial charge in [0.05, 0.1) is 6.67 Å². The molecule has 146 valence electrons. The third-order valence-corrected chi connectivity index (χ3v) is 5.84. The molecule has 2 aromatic carbocycles. The molecule has 0 aliphatic carbocycles. The molecule has 0 radical (unpaired) electrons. The lowest BCUT2D eigenvalue weighted by molar-refractivity contribution is -0.125. The largest absolute Gasteiger partial charge is 0.351 e. The molecule has 2 amide bonds. The fourth-order valence-corrected chi connectivity index (χ4v) is 4.20. The molecule has 1 spiro atoms. The number of nitrogens with zero attached hydrogens (tertiary/aromatic N) is 2. The summed E-state index contributed by atoms with van der Waals surface area (Å²) in [5.41, 5.74) is 1.32. The maximum absolute atomic E-state index is 12.7. The van der Waals surface area contributed by atoms with E-state index in [4.69, 9.17) is 0 Å². The van der Waals surface area contributed by atoms with Crippen LogP contribution in [0.3, 0.4) is 0 Å². The van der Waals surface area contributed by atoms with Gasteiger partial charge in [0.15, 0.2) is 0 Å². The summed E-state index contributed by atoms with van der Waals surface area (Å²) < 4.78 is 0. The van der Waals surface area contributed by atoms with Crippen molar-refractivity contribution in [1.82, 2.24) is 15.5 Å². The van der Waals surface area contributed by atoms with Crippen LogP contribution < -0.4 is 15.5 Å². The molecule has 6 nitrogen and oxygen atoms in total. The minimum Gasteiger partial charge on any atom is -0.351 e. The monoisotopic (exact) mass is 378 g/mol. The summed E-state index contributed by atoms with van der Waals surface area (Å²) in [6, 6.07) is 19.4. The van der Waals surface area contributed by atoms with Gasteiger partial charge in [0.2, 0.25) is 5.91 Å². The number of likely N-dealkylation sites (tertiary alicyclic amines) is 1. The smallest absolute Gasteiger partial charge is 0.251 e. The van der Waals surface area contributed by atoms with Crippen molar-refractivity contribution in [2.75, 3.05) is 37.7 Å². The van der Waals surface area contributed by atoms with Gasteiger partial charge in [-0.15, -0.1) is 0 Å². The van der Waals surface area contributed by atoms with E-state index in [1.807, 2.05) is 48.5 Å². The van der Waals surface area contributed by atoms with Crippen LogP contribution in [0.15, 0.2) is 60.7 Å². The summed E-state index contributed by atoms with van der Waals surface area (Å²) in [5, 5.41) is 6.01. The van der Waals surface area contributed by atoms with Gasteiger partial charge >= 0.3 is 0 Å². The first kappa shape index (κ1) is 18.5. The van der Waals surface area contributed by atoms with Crippen LogP contribution in [0.4, 0.5) is 5.69 Å². The Hall–Kier alpha value is -2.86. The quantitative estimate of drug-likeness (QED) is 0.833. The zero-order valence-electron chi connectivity index (χ0n) is 15.9. The normalized spacial score (nSPS) is 18.9. The summed E-state index contributed by atoms with van der Waals surface area (Å²) in [6.45, 7) is 3.66. The van der Waals surface area contributed by atoms with Crippen molar-refractivity contribution in [3.05, 3.63) is 66.2 Å². The molecule has 0 aromatic heterocycles. The van der Waals surface area contributed by atoms with E-state index in [0.717, 1.165) is 38.2 Å². The minimum absolute atomic E-state index is 0.0421. The van der Waals surface area contributed by atoms with Crippen LogP contribution in [0, 0.1) is 0 Å². The fourth-order valence-electron chi connectivity index (χ4n) is 4.20. The van der Waals surface area contributed by atoms with E-state index in [-0.39, 0.29) is 11.8 Å². The van der Waals surface area contributed by atoms with Crippen molar-refractivity contribution >= 4 is 17.5 Å². The highest BCUT2D eigenvalue weighted by molar-refractivity contribution is 5.94. The fraction of sp³-hybridized carbons (Fsp3) is 0.364. The van der Waals surface area contributed by atoms with E-state index in [1.54, 1.807) is 0 Å². The minimum atomic E-state index is -0.453. The SMILES string of the molecule is O=C(NCCN1CCC2(CC1)C(=O)NCN2c1ccccc1)c1ccccc1. The Morgan fingerprint density at radius 1 is 1.00 bits per heavy atom.